The number of benzene rings is 1. The van der Waals surface area contributed by atoms with Crippen molar-refractivity contribution in [2.24, 2.45) is 23.2 Å². The van der Waals surface area contributed by atoms with Crippen molar-refractivity contribution in [1.82, 2.24) is 15.2 Å². The van der Waals surface area contributed by atoms with Gasteiger partial charge in [0.25, 0.3) is 0 Å². The number of nitrogens with one attached hydrogen (secondary N) is 1. The summed E-state index contributed by atoms with van der Waals surface area (Å²) in [5.41, 5.74) is 0.816. The average Bonchev–Trinajstić information content (AvgIpc) is 3.37. The van der Waals surface area contributed by atoms with Gasteiger partial charge in [0, 0.05) is 6.54 Å². The van der Waals surface area contributed by atoms with Crippen LogP contribution in [0.1, 0.15) is 56.4 Å². The van der Waals surface area contributed by atoms with Gasteiger partial charge in [-0.1, -0.05) is 12.1 Å². The number of carbonyl (C=O) groups excluding carboxylic acids is 2. The molecule has 0 radical (unpaired) electrons. The summed E-state index contributed by atoms with van der Waals surface area (Å²) in [4.78, 5) is 33.3. The molecule has 1 aromatic heterocycles. The third-order valence-corrected chi connectivity index (χ3v) is 9.10. The molecule has 1 aromatic carbocycles. The summed E-state index contributed by atoms with van der Waals surface area (Å²) in [7, 11) is 0. The molecule has 158 valence electrons. The number of thiazole rings is 1. The summed E-state index contributed by atoms with van der Waals surface area (Å²) in [6.07, 6.45) is 8.90. The van der Waals surface area contributed by atoms with Crippen LogP contribution in [-0.4, -0.2) is 34.3 Å². The first-order valence-corrected chi connectivity index (χ1v) is 12.3. The number of nitrogens with zero attached hydrogens (tertiary/aromatic N) is 2. The molecule has 1 unspecified atom stereocenters. The molecule has 2 aromatic rings. The topological polar surface area (TPSA) is 62.3 Å². The number of aromatic nitrogens is 1. The summed E-state index contributed by atoms with van der Waals surface area (Å²) in [5.74, 6) is 2.52. The van der Waals surface area contributed by atoms with E-state index in [-0.39, 0.29) is 17.4 Å². The molecular weight excluding hydrogens is 394 g/mol. The molecule has 0 spiro atoms. The molecule has 6 heteroatoms. The van der Waals surface area contributed by atoms with E-state index >= 15 is 0 Å². The fraction of sp³-hybridized carbons (Fsp3) is 0.625. The number of rotatable bonds is 4. The summed E-state index contributed by atoms with van der Waals surface area (Å²) >= 11 is 1.62. The molecular formula is C24H29N3O2S. The highest BCUT2D eigenvalue weighted by molar-refractivity contribution is 7.18. The number of hydrogen-bond donors (Lipinski definition) is 1. The van der Waals surface area contributed by atoms with E-state index in [4.69, 9.17) is 0 Å². The monoisotopic (exact) mass is 423 g/mol. The molecule has 2 heterocycles. The maximum atomic E-state index is 13.7. The van der Waals surface area contributed by atoms with Crippen molar-refractivity contribution in [1.29, 1.82) is 0 Å². The maximum Gasteiger partial charge on any atom is 0.243 e. The lowest BCUT2D eigenvalue weighted by Crippen LogP contribution is -2.57. The summed E-state index contributed by atoms with van der Waals surface area (Å²) in [6, 6.07) is 7.74. The van der Waals surface area contributed by atoms with Crippen molar-refractivity contribution in [3.63, 3.8) is 0 Å². The highest BCUT2D eigenvalue weighted by Crippen LogP contribution is 2.60. The lowest BCUT2D eigenvalue weighted by Gasteiger charge is -2.56. The van der Waals surface area contributed by atoms with Crippen LogP contribution in [0.3, 0.4) is 0 Å². The van der Waals surface area contributed by atoms with Gasteiger partial charge in [0.05, 0.1) is 22.2 Å². The van der Waals surface area contributed by atoms with E-state index < -0.39 is 0 Å². The largest absolute Gasteiger partial charge is 0.348 e. The second-order valence-corrected chi connectivity index (χ2v) is 11.3. The molecule has 1 saturated heterocycles. The minimum atomic E-state index is -0.306. The first-order valence-electron chi connectivity index (χ1n) is 11.5. The van der Waals surface area contributed by atoms with Gasteiger partial charge in [0.1, 0.15) is 11.0 Å². The van der Waals surface area contributed by atoms with Crippen LogP contribution in [-0.2, 0) is 16.1 Å². The third-order valence-electron chi connectivity index (χ3n) is 8.06. The number of likely N-dealkylation sites (tertiary alicyclic amines) is 1. The molecule has 5 fully saturated rings. The van der Waals surface area contributed by atoms with Crippen LogP contribution in [0, 0.1) is 23.2 Å². The predicted molar refractivity (Wildman–Crippen MR) is 117 cm³/mol. The van der Waals surface area contributed by atoms with Crippen molar-refractivity contribution in [3.8, 4) is 0 Å². The van der Waals surface area contributed by atoms with Crippen molar-refractivity contribution < 1.29 is 9.59 Å². The van der Waals surface area contributed by atoms with Gasteiger partial charge in [0.2, 0.25) is 11.8 Å². The average molecular weight is 424 g/mol. The van der Waals surface area contributed by atoms with Crippen LogP contribution >= 0.6 is 11.3 Å². The van der Waals surface area contributed by atoms with E-state index in [1.54, 1.807) is 11.3 Å². The Hall–Kier alpha value is -1.95. The van der Waals surface area contributed by atoms with E-state index in [2.05, 4.69) is 16.4 Å². The van der Waals surface area contributed by atoms with Crippen molar-refractivity contribution in [3.05, 3.63) is 29.3 Å². The number of hydrogen-bond acceptors (Lipinski definition) is 4. The van der Waals surface area contributed by atoms with Crippen molar-refractivity contribution in [2.75, 3.05) is 6.54 Å². The van der Waals surface area contributed by atoms with Gasteiger partial charge in [-0.25, -0.2) is 4.98 Å². The standard InChI is InChI=1S/C24H29N3O2S/c28-22(25-14-21-26-18-4-1-2-6-20(18)30-21)19-5-3-7-27(19)23(29)24-11-15-8-16(12-24)10-17(9-15)13-24/h1-2,4,6,15-17,19H,3,5,7-14H2,(H,25,28). The number of fused-ring (bicyclic) bond motifs is 1. The van der Waals surface area contributed by atoms with Crippen LogP contribution in [0.4, 0.5) is 0 Å². The minimum Gasteiger partial charge on any atom is -0.348 e. The number of amides is 2. The van der Waals surface area contributed by atoms with E-state index in [1.165, 1.54) is 19.3 Å². The zero-order valence-corrected chi connectivity index (χ0v) is 18.1. The quantitative estimate of drug-likeness (QED) is 0.805. The molecule has 7 rings (SSSR count). The summed E-state index contributed by atoms with van der Waals surface area (Å²) in [5, 5.41) is 3.99. The molecule has 1 atom stereocenters. The van der Waals surface area contributed by atoms with Crippen LogP contribution < -0.4 is 5.32 Å². The summed E-state index contributed by atoms with van der Waals surface area (Å²) < 4.78 is 1.14. The second-order valence-electron chi connectivity index (χ2n) is 10.1. The molecule has 4 saturated carbocycles. The lowest BCUT2D eigenvalue weighted by molar-refractivity contribution is -0.160. The molecule has 5 aliphatic rings. The molecule has 5 nitrogen and oxygen atoms in total. The van der Waals surface area contributed by atoms with Gasteiger partial charge in [-0.05, 0) is 81.3 Å². The number of carbonyl (C=O) groups is 2. The summed E-state index contributed by atoms with van der Waals surface area (Å²) in [6.45, 7) is 1.17. The van der Waals surface area contributed by atoms with E-state index in [1.807, 2.05) is 23.1 Å². The fourth-order valence-electron chi connectivity index (χ4n) is 7.24. The van der Waals surface area contributed by atoms with Gasteiger partial charge in [0.15, 0.2) is 0 Å². The van der Waals surface area contributed by atoms with Crippen molar-refractivity contribution in [2.45, 2.75) is 64.0 Å². The van der Waals surface area contributed by atoms with E-state index in [0.29, 0.717) is 12.5 Å². The van der Waals surface area contributed by atoms with Crippen LogP contribution in [0.15, 0.2) is 24.3 Å². The first kappa shape index (κ1) is 18.8. The molecule has 1 N–H and O–H groups in total. The molecule has 4 bridgehead atoms. The zero-order valence-electron chi connectivity index (χ0n) is 17.3. The smallest absolute Gasteiger partial charge is 0.243 e. The van der Waals surface area contributed by atoms with Gasteiger partial charge in [-0.3, -0.25) is 9.59 Å². The van der Waals surface area contributed by atoms with Gasteiger partial charge < -0.3 is 10.2 Å². The lowest BCUT2D eigenvalue weighted by atomic mass is 9.49. The Balaban J connectivity index is 1.15. The van der Waals surface area contributed by atoms with Crippen LogP contribution in [0.5, 0.6) is 0 Å². The maximum absolute atomic E-state index is 13.7. The minimum absolute atomic E-state index is 0.00941. The zero-order chi connectivity index (χ0) is 20.3. The fourth-order valence-corrected chi connectivity index (χ4v) is 8.14. The van der Waals surface area contributed by atoms with E-state index in [9.17, 15) is 9.59 Å². The molecule has 30 heavy (non-hydrogen) atoms. The van der Waals surface area contributed by atoms with Crippen LogP contribution in [0.25, 0.3) is 10.2 Å². The van der Waals surface area contributed by atoms with Gasteiger partial charge in [-0.15, -0.1) is 11.3 Å². The first-order chi connectivity index (χ1) is 14.6. The van der Waals surface area contributed by atoms with Gasteiger partial charge in [-0.2, -0.15) is 0 Å². The highest BCUT2D eigenvalue weighted by Gasteiger charge is 2.56. The number of para-hydroxylation sites is 1. The normalized spacial score (nSPS) is 34.6. The highest BCUT2D eigenvalue weighted by atomic mass is 32.1. The molecule has 4 aliphatic carbocycles. The molecule has 1 aliphatic heterocycles. The Morgan fingerprint density at radius 3 is 2.50 bits per heavy atom. The van der Waals surface area contributed by atoms with Crippen molar-refractivity contribution >= 4 is 33.4 Å². The second kappa shape index (κ2) is 7.04. The Labute approximate surface area is 181 Å². The Bertz CT molecular complexity index is 931. The molecule has 2 amide bonds. The Morgan fingerprint density at radius 2 is 1.80 bits per heavy atom. The Morgan fingerprint density at radius 1 is 1.10 bits per heavy atom. The van der Waals surface area contributed by atoms with Crippen LogP contribution in [0.2, 0.25) is 0 Å². The van der Waals surface area contributed by atoms with E-state index in [0.717, 1.165) is 71.6 Å². The van der Waals surface area contributed by atoms with Gasteiger partial charge >= 0.3 is 0 Å². The SMILES string of the molecule is O=C(NCc1nc2ccccc2s1)C1CCCN1C(=O)C12CC3CC(CC(C3)C1)C2. The Kier molecular flexibility index (Phi) is 4.41. The predicted octanol–water partition coefficient (Wildman–Crippen LogP) is 4.12. The third kappa shape index (κ3) is 3.06.